The number of aromatic nitrogens is 1. The number of carbonyl (C=O) groups is 3. The van der Waals surface area contributed by atoms with E-state index >= 15 is 0 Å². The summed E-state index contributed by atoms with van der Waals surface area (Å²) in [7, 11) is 0. The van der Waals surface area contributed by atoms with Gasteiger partial charge in [-0.25, -0.2) is 9.59 Å². The summed E-state index contributed by atoms with van der Waals surface area (Å²) < 4.78 is 5.52. The minimum absolute atomic E-state index is 0.00254. The first-order chi connectivity index (χ1) is 16.9. The number of alkyl carbamates (subject to hydrolysis) is 1. The summed E-state index contributed by atoms with van der Waals surface area (Å²) >= 11 is 0. The van der Waals surface area contributed by atoms with E-state index in [1.54, 1.807) is 6.92 Å². The standard InChI is InChI=1S/C27H27N3O5/c1-17(25(31)30-19-13-18(26(32)33)14-28-15-19)7-6-12-29-27(34)35-16-24-22-10-4-2-8-20(22)21-9-3-5-11-23(21)24/h2-5,8-11,13-15,17,24H,6-7,12,16H2,1H3,(H,29,34)(H,30,31)(H,32,33). The number of aromatic carboxylic acids is 1. The number of ether oxygens (including phenoxy) is 1. The van der Waals surface area contributed by atoms with Gasteiger partial charge in [0.15, 0.2) is 0 Å². The van der Waals surface area contributed by atoms with Gasteiger partial charge in [0.25, 0.3) is 0 Å². The first-order valence-electron chi connectivity index (χ1n) is 11.5. The summed E-state index contributed by atoms with van der Waals surface area (Å²) in [6.45, 7) is 2.41. The number of benzene rings is 2. The summed E-state index contributed by atoms with van der Waals surface area (Å²) in [5, 5.41) is 14.5. The van der Waals surface area contributed by atoms with Crippen LogP contribution in [0.3, 0.4) is 0 Å². The maximum atomic E-state index is 12.4. The van der Waals surface area contributed by atoms with Gasteiger partial charge in [0, 0.05) is 24.6 Å². The molecule has 35 heavy (non-hydrogen) atoms. The first-order valence-corrected chi connectivity index (χ1v) is 11.5. The third kappa shape index (κ3) is 5.66. The molecule has 0 bridgehead atoms. The van der Waals surface area contributed by atoms with Gasteiger partial charge in [-0.2, -0.15) is 0 Å². The van der Waals surface area contributed by atoms with Gasteiger partial charge in [0.05, 0.1) is 17.4 Å². The van der Waals surface area contributed by atoms with Crippen LogP contribution in [0.1, 0.15) is 47.2 Å². The van der Waals surface area contributed by atoms with Gasteiger partial charge in [0.2, 0.25) is 5.91 Å². The molecule has 1 aliphatic rings. The van der Waals surface area contributed by atoms with Crippen LogP contribution in [0.25, 0.3) is 11.1 Å². The Labute approximate surface area is 203 Å². The fourth-order valence-electron chi connectivity index (χ4n) is 4.27. The Kier molecular flexibility index (Phi) is 7.40. The minimum atomic E-state index is -1.11. The average molecular weight is 474 g/mol. The average Bonchev–Trinajstić information content (AvgIpc) is 3.19. The fraction of sp³-hybridized carbons (Fsp3) is 0.259. The Bertz CT molecular complexity index is 1200. The van der Waals surface area contributed by atoms with E-state index in [0.717, 1.165) is 11.1 Å². The van der Waals surface area contributed by atoms with E-state index in [0.29, 0.717) is 25.1 Å². The van der Waals surface area contributed by atoms with E-state index in [2.05, 4.69) is 39.9 Å². The Hall–Kier alpha value is -4.20. The normalized spacial score (nSPS) is 12.8. The maximum Gasteiger partial charge on any atom is 0.407 e. The molecule has 0 radical (unpaired) electrons. The largest absolute Gasteiger partial charge is 0.478 e. The van der Waals surface area contributed by atoms with Gasteiger partial charge in [0.1, 0.15) is 6.61 Å². The highest BCUT2D eigenvalue weighted by molar-refractivity contribution is 5.94. The number of nitrogens with zero attached hydrogens (tertiary/aromatic N) is 1. The molecule has 8 nitrogen and oxygen atoms in total. The van der Waals surface area contributed by atoms with E-state index in [1.807, 2.05) is 24.3 Å². The smallest absolute Gasteiger partial charge is 0.407 e. The van der Waals surface area contributed by atoms with E-state index in [9.17, 15) is 14.4 Å². The highest BCUT2D eigenvalue weighted by atomic mass is 16.5. The molecule has 1 heterocycles. The molecule has 1 aromatic heterocycles. The van der Waals surface area contributed by atoms with E-state index < -0.39 is 12.1 Å². The van der Waals surface area contributed by atoms with Crippen LogP contribution in [0.2, 0.25) is 0 Å². The number of carboxylic acid groups (broad SMARTS) is 1. The molecule has 4 rings (SSSR count). The second-order valence-electron chi connectivity index (χ2n) is 8.55. The minimum Gasteiger partial charge on any atom is -0.478 e. The third-order valence-corrected chi connectivity index (χ3v) is 6.13. The number of carboxylic acids is 1. The molecule has 1 aliphatic carbocycles. The van der Waals surface area contributed by atoms with Gasteiger partial charge in [-0.05, 0) is 41.2 Å². The number of amides is 2. The quantitative estimate of drug-likeness (QED) is 0.389. The van der Waals surface area contributed by atoms with Gasteiger partial charge in [-0.1, -0.05) is 55.5 Å². The van der Waals surface area contributed by atoms with Gasteiger partial charge in [-0.15, -0.1) is 0 Å². The number of hydrogen-bond donors (Lipinski definition) is 3. The van der Waals surface area contributed by atoms with Crippen molar-refractivity contribution in [1.29, 1.82) is 0 Å². The number of anilines is 1. The number of pyridine rings is 1. The van der Waals surface area contributed by atoms with Crippen molar-refractivity contribution in [3.05, 3.63) is 83.7 Å². The number of fused-ring (bicyclic) bond motifs is 3. The number of hydrogen-bond acceptors (Lipinski definition) is 5. The van der Waals surface area contributed by atoms with Gasteiger partial charge in [-0.3, -0.25) is 9.78 Å². The second kappa shape index (κ2) is 10.8. The highest BCUT2D eigenvalue weighted by Crippen LogP contribution is 2.44. The summed E-state index contributed by atoms with van der Waals surface area (Å²) in [6, 6.07) is 17.7. The number of carbonyl (C=O) groups excluding carboxylic acids is 2. The van der Waals surface area contributed by atoms with Crippen molar-refractivity contribution in [3.8, 4) is 11.1 Å². The molecule has 3 aromatic rings. The zero-order valence-electron chi connectivity index (χ0n) is 19.4. The van der Waals surface area contributed by atoms with Gasteiger partial charge >= 0.3 is 12.1 Å². The van der Waals surface area contributed by atoms with Crippen molar-refractivity contribution in [1.82, 2.24) is 10.3 Å². The molecule has 0 spiro atoms. The predicted molar refractivity (Wildman–Crippen MR) is 131 cm³/mol. The molecule has 2 amide bonds. The van der Waals surface area contributed by atoms with Crippen LogP contribution >= 0.6 is 0 Å². The lowest BCUT2D eigenvalue weighted by atomic mass is 9.98. The molecule has 1 unspecified atom stereocenters. The molecular formula is C27H27N3O5. The molecule has 2 aromatic carbocycles. The summed E-state index contributed by atoms with van der Waals surface area (Å²) in [6.07, 6.45) is 3.26. The predicted octanol–water partition coefficient (Wildman–Crippen LogP) is 4.67. The molecule has 0 aliphatic heterocycles. The van der Waals surface area contributed by atoms with Crippen LogP contribution in [0, 0.1) is 5.92 Å². The number of rotatable bonds is 9. The molecule has 180 valence electrons. The summed E-state index contributed by atoms with van der Waals surface area (Å²) in [5.41, 5.74) is 5.00. The molecule has 0 fully saturated rings. The van der Waals surface area contributed by atoms with E-state index in [-0.39, 0.29) is 29.9 Å². The topological polar surface area (TPSA) is 118 Å². The lowest BCUT2D eigenvalue weighted by Crippen LogP contribution is -2.28. The Morgan fingerprint density at radius 1 is 1.03 bits per heavy atom. The fourth-order valence-corrected chi connectivity index (χ4v) is 4.27. The second-order valence-corrected chi connectivity index (χ2v) is 8.55. The molecule has 0 saturated heterocycles. The van der Waals surface area contributed by atoms with Gasteiger partial charge < -0.3 is 20.5 Å². The van der Waals surface area contributed by atoms with Crippen LogP contribution in [0.15, 0.2) is 67.0 Å². The van der Waals surface area contributed by atoms with Crippen LogP contribution < -0.4 is 10.6 Å². The molecule has 3 N–H and O–H groups in total. The zero-order chi connectivity index (χ0) is 24.8. The number of nitrogens with one attached hydrogen (secondary N) is 2. The lowest BCUT2D eigenvalue weighted by Gasteiger charge is -2.15. The molecular weight excluding hydrogens is 446 g/mol. The highest BCUT2D eigenvalue weighted by Gasteiger charge is 2.29. The van der Waals surface area contributed by atoms with E-state index in [1.165, 1.54) is 29.6 Å². The van der Waals surface area contributed by atoms with Crippen molar-refractivity contribution < 1.29 is 24.2 Å². The SMILES string of the molecule is CC(CCCNC(=O)OCC1c2ccccc2-c2ccccc21)C(=O)Nc1cncc(C(=O)O)c1. The third-order valence-electron chi connectivity index (χ3n) is 6.13. The van der Waals surface area contributed by atoms with Crippen molar-refractivity contribution in [2.45, 2.75) is 25.7 Å². The first kappa shape index (κ1) is 23.9. The van der Waals surface area contributed by atoms with Crippen molar-refractivity contribution in [3.63, 3.8) is 0 Å². The molecule has 8 heteroatoms. The Balaban J connectivity index is 1.20. The van der Waals surface area contributed by atoms with Crippen molar-refractivity contribution >= 4 is 23.7 Å². The maximum absolute atomic E-state index is 12.4. The van der Waals surface area contributed by atoms with Crippen LogP contribution in [-0.4, -0.2) is 41.2 Å². The van der Waals surface area contributed by atoms with Crippen LogP contribution in [0.4, 0.5) is 10.5 Å². The zero-order valence-corrected chi connectivity index (χ0v) is 19.4. The molecule has 1 atom stereocenters. The van der Waals surface area contributed by atoms with Crippen LogP contribution in [-0.2, 0) is 9.53 Å². The summed E-state index contributed by atoms with van der Waals surface area (Å²) in [4.78, 5) is 39.5. The molecule has 0 saturated carbocycles. The van der Waals surface area contributed by atoms with Crippen LogP contribution in [0.5, 0.6) is 0 Å². The van der Waals surface area contributed by atoms with E-state index in [4.69, 9.17) is 9.84 Å². The Morgan fingerprint density at radius 3 is 2.34 bits per heavy atom. The monoisotopic (exact) mass is 473 g/mol. The summed E-state index contributed by atoms with van der Waals surface area (Å²) in [5.74, 6) is -1.67. The lowest BCUT2D eigenvalue weighted by molar-refractivity contribution is -0.119. The van der Waals surface area contributed by atoms with Crippen molar-refractivity contribution in [2.24, 2.45) is 5.92 Å². The van der Waals surface area contributed by atoms with Crippen molar-refractivity contribution in [2.75, 3.05) is 18.5 Å². The Morgan fingerprint density at radius 2 is 1.69 bits per heavy atom.